The molecule has 2 atom stereocenters. The molecule has 5 heteroatoms. The average molecular weight is 354 g/mol. The SMILES string of the molecule is CC(OC(C(=O)O)C(c1ccccc1)c1ccccc1)N1CCNCC1. The van der Waals surface area contributed by atoms with E-state index in [1.54, 1.807) is 0 Å². The van der Waals surface area contributed by atoms with Crippen LogP contribution in [-0.4, -0.2) is 54.5 Å². The van der Waals surface area contributed by atoms with Crippen LogP contribution in [-0.2, 0) is 9.53 Å². The molecule has 1 aliphatic rings. The number of nitrogens with zero attached hydrogens (tertiary/aromatic N) is 1. The summed E-state index contributed by atoms with van der Waals surface area (Å²) in [5, 5.41) is 13.3. The molecule has 1 heterocycles. The topological polar surface area (TPSA) is 61.8 Å². The van der Waals surface area contributed by atoms with Gasteiger partial charge in [0.1, 0.15) is 6.23 Å². The molecular weight excluding hydrogens is 328 g/mol. The van der Waals surface area contributed by atoms with E-state index in [9.17, 15) is 9.90 Å². The van der Waals surface area contributed by atoms with Gasteiger partial charge in [-0.15, -0.1) is 0 Å². The Balaban J connectivity index is 1.89. The second-order valence-electron chi connectivity index (χ2n) is 6.58. The standard InChI is InChI=1S/C21H26N2O3/c1-16(23-14-12-22-13-15-23)26-20(21(24)25)19(17-8-4-2-5-9-17)18-10-6-3-7-11-18/h2-11,16,19-20,22H,12-15H2,1H3,(H,24,25). The van der Waals surface area contributed by atoms with Crippen molar-refractivity contribution in [2.24, 2.45) is 0 Å². The van der Waals surface area contributed by atoms with Crippen molar-refractivity contribution in [3.63, 3.8) is 0 Å². The fourth-order valence-electron chi connectivity index (χ4n) is 3.49. The molecule has 0 bridgehead atoms. The Bertz CT molecular complexity index is 647. The summed E-state index contributed by atoms with van der Waals surface area (Å²) in [5.74, 6) is -1.30. The second kappa shape index (κ2) is 8.94. The van der Waals surface area contributed by atoms with Gasteiger partial charge in [-0.25, -0.2) is 4.79 Å². The number of ether oxygens (including phenoxy) is 1. The Hall–Kier alpha value is -2.21. The minimum absolute atomic E-state index is 0.256. The summed E-state index contributed by atoms with van der Waals surface area (Å²) < 4.78 is 6.12. The summed E-state index contributed by atoms with van der Waals surface area (Å²) in [6, 6.07) is 19.5. The Morgan fingerprint density at radius 3 is 1.96 bits per heavy atom. The predicted octanol–water partition coefficient (Wildman–Crippen LogP) is 2.54. The molecule has 1 fully saturated rings. The Morgan fingerprint density at radius 2 is 1.50 bits per heavy atom. The molecule has 0 saturated carbocycles. The second-order valence-corrected chi connectivity index (χ2v) is 6.58. The maximum absolute atomic E-state index is 12.1. The van der Waals surface area contributed by atoms with Crippen molar-refractivity contribution in [1.82, 2.24) is 10.2 Å². The maximum Gasteiger partial charge on any atom is 0.333 e. The highest BCUT2D eigenvalue weighted by molar-refractivity contribution is 5.75. The first kappa shape index (κ1) is 18.6. The van der Waals surface area contributed by atoms with Crippen LogP contribution in [0.15, 0.2) is 60.7 Å². The fourth-order valence-corrected chi connectivity index (χ4v) is 3.49. The molecular formula is C21H26N2O3. The van der Waals surface area contributed by atoms with E-state index in [4.69, 9.17) is 4.74 Å². The van der Waals surface area contributed by atoms with Crippen molar-refractivity contribution < 1.29 is 14.6 Å². The van der Waals surface area contributed by atoms with Crippen LogP contribution in [0, 0.1) is 0 Å². The van der Waals surface area contributed by atoms with Crippen molar-refractivity contribution in [2.45, 2.75) is 25.2 Å². The number of aliphatic carboxylic acids is 1. The summed E-state index contributed by atoms with van der Waals surface area (Å²) >= 11 is 0. The smallest absolute Gasteiger partial charge is 0.333 e. The summed E-state index contributed by atoms with van der Waals surface area (Å²) in [7, 11) is 0. The highest BCUT2D eigenvalue weighted by atomic mass is 16.5. The third-order valence-electron chi connectivity index (χ3n) is 4.87. The van der Waals surface area contributed by atoms with Gasteiger partial charge in [-0.1, -0.05) is 60.7 Å². The number of carbonyl (C=O) groups is 1. The first-order valence-corrected chi connectivity index (χ1v) is 9.09. The van der Waals surface area contributed by atoms with Crippen molar-refractivity contribution >= 4 is 5.97 Å². The van der Waals surface area contributed by atoms with Gasteiger partial charge in [-0.05, 0) is 18.1 Å². The zero-order valence-electron chi connectivity index (χ0n) is 15.0. The minimum Gasteiger partial charge on any atom is -0.479 e. The van der Waals surface area contributed by atoms with Gasteiger partial charge in [0.15, 0.2) is 6.10 Å². The lowest BCUT2D eigenvalue weighted by Gasteiger charge is -2.35. The number of carboxylic acids is 1. The van der Waals surface area contributed by atoms with Crippen LogP contribution >= 0.6 is 0 Å². The lowest BCUT2D eigenvalue weighted by atomic mass is 9.86. The zero-order valence-corrected chi connectivity index (χ0v) is 15.0. The first-order valence-electron chi connectivity index (χ1n) is 9.09. The molecule has 138 valence electrons. The predicted molar refractivity (Wildman–Crippen MR) is 101 cm³/mol. The van der Waals surface area contributed by atoms with Crippen LogP contribution in [0.1, 0.15) is 24.0 Å². The third-order valence-corrected chi connectivity index (χ3v) is 4.87. The normalized spacial score (nSPS) is 17.8. The van der Waals surface area contributed by atoms with Gasteiger partial charge < -0.3 is 15.2 Å². The number of benzene rings is 2. The number of nitrogens with one attached hydrogen (secondary N) is 1. The van der Waals surface area contributed by atoms with Crippen LogP contribution in [0.2, 0.25) is 0 Å². The Labute approximate surface area is 154 Å². The van der Waals surface area contributed by atoms with Gasteiger partial charge >= 0.3 is 5.97 Å². The number of carboxylic acid groups (broad SMARTS) is 1. The fraction of sp³-hybridized carbons (Fsp3) is 0.381. The highest BCUT2D eigenvalue weighted by Gasteiger charge is 2.34. The van der Waals surface area contributed by atoms with Gasteiger partial charge in [0.25, 0.3) is 0 Å². The first-order chi connectivity index (χ1) is 12.7. The van der Waals surface area contributed by atoms with E-state index in [-0.39, 0.29) is 12.1 Å². The van der Waals surface area contributed by atoms with Crippen LogP contribution in [0.25, 0.3) is 0 Å². The number of hydrogen-bond acceptors (Lipinski definition) is 4. The molecule has 2 aromatic rings. The van der Waals surface area contributed by atoms with Crippen LogP contribution in [0.4, 0.5) is 0 Å². The highest BCUT2D eigenvalue weighted by Crippen LogP contribution is 2.31. The molecule has 0 spiro atoms. The molecule has 26 heavy (non-hydrogen) atoms. The quantitative estimate of drug-likeness (QED) is 0.800. The van der Waals surface area contributed by atoms with Crippen molar-refractivity contribution in [2.75, 3.05) is 26.2 Å². The minimum atomic E-state index is -0.954. The number of piperazine rings is 1. The van der Waals surface area contributed by atoms with Crippen molar-refractivity contribution in [3.05, 3.63) is 71.8 Å². The molecule has 3 rings (SSSR count). The van der Waals surface area contributed by atoms with E-state index in [1.165, 1.54) is 0 Å². The third kappa shape index (κ3) is 4.49. The van der Waals surface area contributed by atoms with Gasteiger partial charge in [-0.3, -0.25) is 4.90 Å². The summed E-state index contributed by atoms with van der Waals surface area (Å²) in [6.07, 6.45) is -1.21. The average Bonchev–Trinajstić information content (AvgIpc) is 2.69. The maximum atomic E-state index is 12.1. The Kier molecular flexibility index (Phi) is 6.39. The largest absolute Gasteiger partial charge is 0.479 e. The number of rotatable bonds is 7. The van der Waals surface area contributed by atoms with Crippen molar-refractivity contribution in [1.29, 1.82) is 0 Å². The summed E-state index contributed by atoms with van der Waals surface area (Å²) in [6.45, 7) is 5.44. The van der Waals surface area contributed by atoms with Gasteiger partial charge in [-0.2, -0.15) is 0 Å². The lowest BCUT2D eigenvalue weighted by molar-refractivity contribution is -0.164. The molecule has 2 unspecified atom stereocenters. The van der Waals surface area contributed by atoms with Crippen LogP contribution < -0.4 is 5.32 Å². The molecule has 0 radical (unpaired) electrons. The van der Waals surface area contributed by atoms with Crippen LogP contribution in [0.3, 0.4) is 0 Å². The molecule has 5 nitrogen and oxygen atoms in total. The van der Waals surface area contributed by atoms with E-state index in [1.807, 2.05) is 67.6 Å². The van der Waals surface area contributed by atoms with E-state index < -0.39 is 12.1 Å². The van der Waals surface area contributed by atoms with E-state index in [0.717, 1.165) is 37.3 Å². The zero-order chi connectivity index (χ0) is 18.4. The molecule has 1 saturated heterocycles. The summed E-state index contributed by atoms with van der Waals surface area (Å²) in [4.78, 5) is 14.3. The lowest BCUT2D eigenvalue weighted by Crippen LogP contribution is -2.50. The molecule has 2 aromatic carbocycles. The summed E-state index contributed by atoms with van der Waals surface area (Å²) in [5.41, 5.74) is 1.89. The molecule has 2 N–H and O–H groups in total. The van der Waals surface area contributed by atoms with E-state index in [0.29, 0.717) is 0 Å². The molecule has 0 aromatic heterocycles. The molecule has 0 aliphatic carbocycles. The van der Waals surface area contributed by atoms with Crippen molar-refractivity contribution in [3.8, 4) is 0 Å². The van der Waals surface area contributed by atoms with Gasteiger partial charge in [0, 0.05) is 32.1 Å². The number of hydrogen-bond donors (Lipinski definition) is 2. The monoisotopic (exact) mass is 354 g/mol. The van der Waals surface area contributed by atoms with Gasteiger partial charge in [0.2, 0.25) is 0 Å². The van der Waals surface area contributed by atoms with E-state index in [2.05, 4.69) is 10.2 Å². The molecule has 0 amide bonds. The van der Waals surface area contributed by atoms with Gasteiger partial charge in [0.05, 0.1) is 0 Å². The van der Waals surface area contributed by atoms with Crippen LogP contribution in [0.5, 0.6) is 0 Å². The van der Waals surface area contributed by atoms with E-state index >= 15 is 0 Å². The molecule has 1 aliphatic heterocycles. The Morgan fingerprint density at radius 1 is 1.00 bits per heavy atom.